The predicted molar refractivity (Wildman–Crippen MR) is 279 cm³/mol. The number of ether oxygens (including phenoxy) is 1. The van der Waals surface area contributed by atoms with Gasteiger partial charge >= 0.3 is 0 Å². The largest absolute Gasteiger partial charge is 0.457 e. The first-order chi connectivity index (χ1) is 31.7. The van der Waals surface area contributed by atoms with Crippen molar-refractivity contribution in [2.75, 3.05) is 21.4 Å². The molecular formula is C61H61N5O. The normalized spacial score (nSPS) is 17.1. The molecule has 0 amide bonds. The quantitative estimate of drug-likeness (QED) is 0.172. The van der Waals surface area contributed by atoms with Crippen LogP contribution in [-0.2, 0) is 27.1 Å². The Morgan fingerprint density at radius 3 is 1.63 bits per heavy atom. The van der Waals surface area contributed by atoms with E-state index in [0.29, 0.717) is 6.67 Å². The maximum absolute atomic E-state index is 6.78. The molecule has 0 spiro atoms. The van der Waals surface area contributed by atoms with Gasteiger partial charge in [0.25, 0.3) is 0 Å². The molecule has 6 heterocycles. The molecule has 12 rings (SSSR count). The minimum absolute atomic E-state index is 0.0123. The van der Waals surface area contributed by atoms with Crippen LogP contribution in [0.5, 0.6) is 11.5 Å². The molecule has 0 saturated heterocycles. The van der Waals surface area contributed by atoms with Gasteiger partial charge in [-0.3, -0.25) is 4.57 Å². The fourth-order valence-corrected chi connectivity index (χ4v) is 11.7. The highest BCUT2D eigenvalue weighted by molar-refractivity contribution is 6.10. The standard InChI is InChI=1S/C61H61N5O/c1-57(2,3)37-22-25-51-44(30-37)43-24-23-42(35-52(43)65(51)53-31-38(26-27-62-53)58(4,5)6)67-41-17-13-16-39(32-41)63-28-29-64(36-63)40-33-49-56-50(34-40)61(11,12)48-21-15-19-46-55(48)66(56)54-45(59(46,7)8)18-14-20-47(54)60(49,9)10/h13-35H,36H2,1-12H3. The second kappa shape index (κ2) is 13.7. The summed E-state index contributed by atoms with van der Waals surface area (Å²) in [6.07, 6.45) is 6.37. The lowest BCUT2D eigenvalue weighted by atomic mass is 9.61. The smallest absolute Gasteiger partial charge is 0.137 e. The Morgan fingerprint density at radius 2 is 1.01 bits per heavy atom. The van der Waals surface area contributed by atoms with Crippen LogP contribution < -0.4 is 19.4 Å². The van der Waals surface area contributed by atoms with Gasteiger partial charge in [0.2, 0.25) is 0 Å². The fourth-order valence-electron chi connectivity index (χ4n) is 11.7. The molecule has 6 nitrogen and oxygen atoms in total. The summed E-state index contributed by atoms with van der Waals surface area (Å²) in [4.78, 5) is 12.3. The van der Waals surface area contributed by atoms with Crippen LogP contribution in [0.3, 0.4) is 0 Å². The molecule has 0 bridgehead atoms. The highest BCUT2D eigenvalue weighted by atomic mass is 16.5. The van der Waals surface area contributed by atoms with Crippen LogP contribution in [0.2, 0.25) is 0 Å². The number of nitrogens with zero attached hydrogens (tertiary/aromatic N) is 5. The number of pyridine rings is 1. The maximum Gasteiger partial charge on any atom is 0.137 e. The summed E-state index contributed by atoms with van der Waals surface area (Å²) in [5.74, 6) is 2.48. The molecule has 0 saturated carbocycles. The Morgan fingerprint density at radius 1 is 0.478 bits per heavy atom. The minimum atomic E-state index is -0.202. The molecule has 67 heavy (non-hydrogen) atoms. The molecule has 8 aromatic rings. The summed E-state index contributed by atoms with van der Waals surface area (Å²) in [5.41, 5.74) is 19.0. The van der Waals surface area contributed by atoms with Crippen molar-refractivity contribution in [2.45, 2.75) is 110 Å². The molecule has 6 aromatic carbocycles. The number of benzene rings is 6. The van der Waals surface area contributed by atoms with Crippen LogP contribution in [-0.4, -0.2) is 16.2 Å². The van der Waals surface area contributed by atoms with Gasteiger partial charge in [-0.25, -0.2) is 4.98 Å². The Bertz CT molecular complexity index is 3350. The van der Waals surface area contributed by atoms with Gasteiger partial charge in [0.15, 0.2) is 0 Å². The van der Waals surface area contributed by atoms with Crippen LogP contribution in [0.4, 0.5) is 28.4 Å². The van der Waals surface area contributed by atoms with Crippen LogP contribution in [0, 0.1) is 0 Å². The number of rotatable bonds is 5. The van der Waals surface area contributed by atoms with Crippen molar-refractivity contribution in [3.63, 3.8) is 0 Å². The fraction of sp³-hybridized carbons (Fsp3) is 0.295. The van der Waals surface area contributed by atoms with Gasteiger partial charge in [-0.15, -0.1) is 0 Å². The van der Waals surface area contributed by atoms with E-state index in [1.165, 1.54) is 78.0 Å². The maximum atomic E-state index is 6.78. The number of para-hydroxylation sites is 2. The van der Waals surface area contributed by atoms with E-state index < -0.39 is 0 Å². The van der Waals surface area contributed by atoms with Gasteiger partial charge in [0.05, 0.1) is 34.8 Å². The van der Waals surface area contributed by atoms with Crippen molar-refractivity contribution in [1.82, 2.24) is 9.55 Å². The summed E-state index contributed by atoms with van der Waals surface area (Å²) < 4.78 is 9.08. The van der Waals surface area contributed by atoms with Crippen molar-refractivity contribution in [3.8, 4) is 17.3 Å². The Kier molecular flexibility index (Phi) is 8.48. The van der Waals surface area contributed by atoms with Crippen molar-refractivity contribution in [1.29, 1.82) is 0 Å². The zero-order valence-corrected chi connectivity index (χ0v) is 41.1. The monoisotopic (exact) mass is 879 g/mol. The molecule has 0 aliphatic carbocycles. The van der Waals surface area contributed by atoms with E-state index in [0.717, 1.165) is 34.0 Å². The zero-order valence-electron chi connectivity index (χ0n) is 41.1. The summed E-state index contributed by atoms with van der Waals surface area (Å²) in [6, 6.07) is 45.2. The molecular weight excluding hydrogens is 819 g/mol. The van der Waals surface area contributed by atoms with Crippen LogP contribution in [0.1, 0.15) is 128 Å². The second-order valence-electron chi connectivity index (χ2n) is 23.1. The van der Waals surface area contributed by atoms with Crippen LogP contribution >= 0.6 is 0 Å². The number of hydrogen-bond acceptors (Lipinski definition) is 5. The lowest BCUT2D eigenvalue weighted by Crippen LogP contribution is -2.43. The molecule has 4 aliphatic heterocycles. The van der Waals surface area contributed by atoms with Crippen molar-refractivity contribution < 1.29 is 4.74 Å². The van der Waals surface area contributed by atoms with Gasteiger partial charge in [0, 0.05) is 69.1 Å². The minimum Gasteiger partial charge on any atom is -0.457 e. The van der Waals surface area contributed by atoms with E-state index in [-0.39, 0.29) is 27.1 Å². The Hall–Kier alpha value is -6.79. The number of aromatic nitrogens is 2. The van der Waals surface area contributed by atoms with Crippen molar-refractivity contribution >= 4 is 50.2 Å². The molecule has 0 fully saturated rings. The number of anilines is 5. The molecule has 6 heteroatoms. The average Bonchev–Trinajstić information content (AvgIpc) is 3.91. The zero-order chi connectivity index (χ0) is 46.7. The first-order valence-electron chi connectivity index (χ1n) is 24.1. The predicted octanol–water partition coefficient (Wildman–Crippen LogP) is 15.7. The van der Waals surface area contributed by atoms with E-state index >= 15 is 0 Å². The summed E-state index contributed by atoms with van der Waals surface area (Å²) in [5, 5.41) is 2.39. The number of fused-ring (bicyclic) bond motifs is 3. The van der Waals surface area contributed by atoms with E-state index in [9.17, 15) is 0 Å². The summed E-state index contributed by atoms with van der Waals surface area (Å²) >= 11 is 0. The van der Waals surface area contributed by atoms with Gasteiger partial charge in [-0.1, -0.05) is 132 Å². The first-order valence-corrected chi connectivity index (χ1v) is 24.1. The third kappa shape index (κ3) is 5.97. The van der Waals surface area contributed by atoms with Gasteiger partial charge < -0.3 is 19.4 Å². The van der Waals surface area contributed by atoms with E-state index in [4.69, 9.17) is 9.72 Å². The van der Waals surface area contributed by atoms with Crippen LogP contribution in [0.25, 0.3) is 27.6 Å². The Balaban J connectivity index is 0.884. The van der Waals surface area contributed by atoms with E-state index in [1.54, 1.807) is 0 Å². The van der Waals surface area contributed by atoms with E-state index in [2.05, 4.69) is 236 Å². The van der Waals surface area contributed by atoms with Gasteiger partial charge in [-0.05, 0) is 116 Å². The van der Waals surface area contributed by atoms with Gasteiger partial charge in [0.1, 0.15) is 17.3 Å². The lowest BCUT2D eigenvalue weighted by molar-refractivity contribution is 0.483. The Labute approximate surface area is 396 Å². The van der Waals surface area contributed by atoms with Gasteiger partial charge in [-0.2, -0.15) is 0 Å². The molecule has 2 aromatic heterocycles. The lowest BCUT2D eigenvalue weighted by Gasteiger charge is -2.55. The molecule has 0 atom stereocenters. The topological polar surface area (TPSA) is 36.8 Å². The molecule has 336 valence electrons. The molecule has 0 radical (unpaired) electrons. The molecule has 0 N–H and O–H groups in total. The highest BCUT2D eigenvalue weighted by Crippen LogP contribution is 2.66. The second-order valence-corrected chi connectivity index (χ2v) is 23.1. The SMILES string of the molecule is CC(C)(C)c1ccnc(-n2c3ccc(C(C)(C)C)cc3c3ccc(Oc4cccc(N5C=CN(c6cc7c8c(c6)C(C)(C)c6cccc9c6N8c6c(cccc6C7(C)C)C9(C)C)C5)c4)cc32)c1. The highest BCUT2D eigenvalue weighted by Gasteiger charge is 2.51. The number of hydrogen-bond donors (Lipinski definition) is 0. The first kappa shape index (κ1) is 41.6. The summed E-state index contributed by atoms with van der Waals surface area (Å²) in [6.45, 7) is 28.8. The van der Waals surface area contributed by atoms with E-state index in [1.807, 2.05) is 6.20 Å². The average molecular weight is 880 g/mol. The van der Waals surface area contributed by atoms with Crippen LogP contribution in [0.15, 0.2) is 140 Å². The third-order valence-electron chi connectivity index (χ3n) is 15.8. The molecule has 0 unspecified atom stereocenters. The van der Waals surface area contributed by atoms with Crippen molar-refractivity contribution in [3.05, 3.63) is 184 Å². The molecule has 4 aliphatic rings. The van der Waals surface area contributed by atoms with Crippen molar-refractivity contribution in [2.24, 2.45) is 0 Å². The third-order valence-corrected chi connectivity index (χ3v) is 15.8. The summed E-state index contributed by atoms with van der Waals surface area (Å²) in [7, 11) is 0.